The van der Waals surface area contributed by atoms with Gasteiger partial charge in [-0.15, -0.1) is 0 Å². The van der Waals surface area contributed by atoms with Gasteiger partial charge in [0.15, 0.2) is 0 Å². The van der Waals surface area contributed by atoms with Gasteiger partial charge in [-0.2, -0.15) is 0 Å². The van der Waals surface area contributed by atoms with Crippen molar-refractivity contribution < 1.29 is 9.59 Å². The maximum atomic E-state index is 12.2. The van der Waals surface area contributed by atoms with Crippen LogP contribution in [-0.2, 0) is 9.59 Å². The Labute approximate surface area is 192 Å². The van der Waals surface area contributed by atoms with E-state index in [1.165, 1.54) is 38.5 Å². The molecule has 6 nitrogen and oxygen atoms in total. The van der Waals surface area contributed by atoms with E-state index < -0.39 is 0 Å². The summed E-state index contributed by atoms with van der Waals surface area (Å²) in [6.07, 6.45) is 15.6. The van der Waals surface area contributed by atoms with Crippen LogP contribution in [0.4, 0.5) is 11.4 Å². The van der Waals surface area contributed by atoms with Crippen LogP contribution in [0.15, 0.2) is 36.7 Å². The summed E-state index contributed by atoms with van der Waals surface area (Å²) in [6, 6.07) is 7.19. The Balaban J connectivity index is 1.88. The predicted molar refractivity (Wildman–Crippen MR) is 131 cm³/mol. The van der Waals surface area contributed by atoms with Crippen molar-refractivity contribution in [1.82, 2.24) is 9.97 Å². The molecule has 0 aliphatic carbocycles. The monoisotopic (exact) mass is 438 g/mol. The number of hydrogen-bond acceptors (Lipinski definition) is 4. The van der Waals surface area contributed by atoms with Crippen LogP contribution in [0, 0.1) is 0 Å². The van der Waals surface area contributed by atoms with Gasteiger partial charge in [0.2, 0.25) is 11.8 Å². The second-order valence-corrected chi connectivity index (χ2v) is 8.28. The first kappa shape index (κ1) is 25.5. The summed E-state index contributed by atoms with van der Waals surface area (Å²) in [5.41, 5.74) is 2.72. The Morgan fingerprint density at radius 3 is 1.47 bits per heavy atom. The van der Waals surface area contributed by atoms with Gasteiger partial charge in [-0.05, 0) is 37.1 Å². The van der Waals surface area contributed by atoms with Crippen molar-refractivity contribution in [3.8, 4) is 11.4 Å². The zero-order valence-electron chi connectivity index (χ0n) is 19.7. The number of aromatic nitrogens is 2. The van der Waals surface area contributed by atoms with E-state index in [0.717, 1.165) is 25.7 Å². The highest BCUT2D eigenvalue weighted by molar-refractivity contribution is 5.92. The highest BCUT2D eigenvalue weighted by Crippen LogP contribution is 2.21. The van der Waals surface area contributed by atoms with E-state index in [4.69, 9.17) is 0 Å². The van der Waals surface area contributed by atoms with Gasteiger partial charge in [-0.1, -0.05) is 65.2 Å². The van der Waals surface area contributed by atoms with E-state index in [-0.39, 0.29) is 11.8 Å². The molecular weight excluding hydrogens is 400 g/mol. The van der Waals surface area contributed by atoms with Gasteiger partial charge in [-0.3, -0.25) is 19.6 Å². The molecule has 0 radical (unpaired) electrons. The standard InChI is InChI=1S/C26H38N4O2/c1-3-5-7-9-11-13-25(31)29-21-15-17-27-23(19-21)24-20-22(16-18-28-24)30-26(32)14-12-10-8-6-4-2/h15-20H,3-14H2,1-2H3,(H,27,29,31)(H,28,30,32). The lowest BCUT2D eigenvalue weighted by atomic mass is 10.1. The molecule has 0 bridgehead atoms. The quantitative estimate of drug-likeness (QED) is 0.302. The summed E-state index contributed by atoms with van der Waals surface area (Å²) in [6.45, 7) is 4.36. The average molecular weight is 439 g/mol. The van der Waals surface area contributed by atoms with Gasteiger partial charge in [0, 0.05) is 36.6 Å². The molecule has 0 aromatic carbocycles. The number of nitrogens with zero attached hydrogens (tertiary/aromatic N) is 2. The molecule has 0 saturated carbocycles. The zero-order valence-corrected chi connectivity index (χ0v) is 19.7. The molecule has 2 rings (SSSR count). The molecule has 0 atom stereocenters. The van der Waals surface area contributed by atoms with E-state index in [9.17, 15) is 9.59 Å². The summed E-state index contributed by atoms with van der Waals surface area (Å²) in [4.78, 5) is 33.2. The number of unbranched alkanes of at least 4 members (excludes halogenated alkanes) is 8. The first-order valence-electron chi connectivity index (χ1n) is 12.1. The van der Waals surface area contributed by atoms with Gasteiger partial charge >= 0.3 is 0 Å². The molecule has 32 heavy (non-hydrogen) atoms. The summed E-state index contributed by atoms with van der Waals surface area (Å²) in [5.74, 6) is 0.0399. The molecule has 0 fully saturated rings. The van der Waals surface area contributed by atoms with Gasteiger partial charge < -0.3 is 10.6 Å². The third-order valence-corrected chi connectivity index (χ3v) is 5.36. The lowest BCUT2D eigenvalue weighted by molar-refractivity contribution is -0.117. The number of anilines is 2. The highest BCUT2D eigenvalue weighted by Gasteiger charge is 2.08. The lowest BCUT2D eigenvalue weighted by Gasteiger charge is -2.09. The number of pyridine rings is 2. The molecule has 2 aromatic heterocycles. The third-order valence-electron chi connectivity index (χ3n) is 5.36. The Hall–Kier alpha value is -2.76. The zero-order chi connectivity index (χ0) is 23.0. The van der Waals surface area contributed by atoms with Crippen molar-refractivity contribution in [2.24, 2.45) is 0 Å². The van der Waals surface area contributed by atoms with Crippen molar-refractivity contribution in [3.63, 3.8) is 0 Å². The maximum Gasteiger partial charge on any atom is 0.224 e. The van der Waals surface area contributed by atoms with E-state index in [2.05, 4.69) is 34.4 Å². The van der Waals surface area contributed by atoms with Crippen LogP contribution in [0.3, 0.4) is 0 Å². The molecule has 0 saturated heterocycles. The van der Waals surface area contributed by atoms with Crippen molar-refractivity contribution in [2.45, 2.75) is 90.9 Å². The fourth-order valence-electron chi connectivity index (χ4n) is 3.52. The molecular formula is C26H38N4O2. The minimum atomic E-state index is 0.0200. The van der Waals surface area contributed by atoms with Gasteiger partial charge in [0.1, 0.15) is 0 Å². The largest absolute Gasteiger partial charge is 0.326 e. The summed E-state index contributed by atoms with van der Waals surface area (Å²) in [7, 11) is 0. The predicted octanol–water partition coefficient (Wildman–Crippen LogP) is 6.74. The first-order valence-corrected chi connectivity index (χ1v) is 12.1. The Kier molecular flexibility index (Phi) is 12.0. The lowest BCUT2D eigenvalue weighted by Crippen LogP contribution is -2.12. The molecule has 2 heterocycles. The fourth-order valence-corrected chi connectivity index (χ4v) is 3.52. The van der Waals surface area contributed by atoms with E-state index in [0.29, 0.717) is 35.6 Å². The molecule has 2 aromatic rings. The number of carbonyl (C=O) groups excluding carboxylic acids is 2. The van der Waals surface area contributed by atoms with Crippen LogP contribution in [0.25, 0.3) is 11.4 Å². The van der Waals surface area contributed by atoms with Crippen LogP contribution in [-0.4, -0.2) is 21.8 Å². The summed E-state index contributed by atoms with van der Waals surface area (Å²) >= 11 is 0. The number of rotatable bonds is 15. The second kappa shape index (κ2) is 15.1. The molecule has 0 unspecified atom stereocenters. The van der Waals surface area contributed by atoms with Crippen LogP contribution >= 0.6 is 0 Å². The third kappa shape index (κ3) is 10.0. The number of nitrogens with one attached hydrogen (secondary N) is 2. The van der Waals surface area contributed by atoms with Gasteiger partial charge in [0.25, 0.3) is 0 Å². The first-order chi connectivity index (χ1) is 15.6. The highest BCUT2D eigenvalue weighted by atomic mass is 16.2. The smallest absolute Gasteiger partial charge is 0.224 e. The number of amides is 2. The van der Waals surface area contributed by atoms with Crippen LogP contribution < -0.4 is 10.6 Å². The number of carbonyl (C=O) groups is 2. The van der Waals surface area contributed by atoms with E-state index in [1.54, 1.807) is 24.5 Å². The SMILES string of the molecule is CCCCCCCC(=O)Nc1ccnc(-c2cc(NC(=O)CCCCCCC)ccn2)c1. The minimum Gasteiger partial charge on any atom is -0.326 e. The summed E-state index contributed by atoms with van der Waals surface area (Å²) < 4.78 is 0. The number of hydrogen-bond donors (Lipinski definition) is 2. The molecule has 174 valence electrons. The van der Waals surface area contributed by atoms with E-state index >= 15 is 0 Å². The molecule has 6 heteroatoms. The Bertz CT molecular complexity index is 769. The van der Waals surface area contributed by atoms with Crippen molar-refractivity contribution in [3.05, 3.63) is 36.7 Å². The van der Waals surface area contributed by atoms with Gasteiger partial charge in [-0.25, -0.2) is 0 Å². The molecule has 0 spiro atoms. The molecule has 2 N–H and O–H groups in total. The van der Waals surface area contributed by atoms with Crippen LogP contribution in [0.2, 0.25) is 0 Å². The van der Waals surface area contributed by atoms with Crippen molar-refractivity contribution >= 4 is 23.2 Å². The topological polar surface area (TPSA) is 84.0 Å². The summed E-state index contributed by atoms with van der Waals surface area (Å²) in [5, 5.41) is 5.90. The molecule has 0 aliphatic rings. The van der Waals surface area contributed by atoms with Gasteiger partial charge in [0.05, 0.1) is 11.4 Å². The van der Waals surface area contributed by atoms with Crippen molar-refractivity contribution in [2.75, 3.05) is 10.6 Å². The van der Waals surface area contributed by atoms with Crippen LogP contribution in [0.1, 0.15) is 90.9 Å². The van der Waals surface area contributed by atoms with E-state index in [1.807, 2.05) is 12.1 Å². The fraction of sp³-hybridized carbons (Fsp3) is 0.538. The Morgan fingerprint density at radius 1 is 0.656 bits per heavy atom. The normalized spacial score (nSPS) is 10.7. The minimum absolute atomic E-state index is 0.0200. The average Bonchev–Trinajstić information content (AvgIpc) is 2.79. The maximum absolute atomic E-state index is 12.2. The molecule has 0 aliphatic heterocycles. The second-order valence-electron chi connectivity index (χ2n) is 8.28. The Morgan fingerprint density at radius 2 is 1.06 bits per heavy atom. The van der Waals surface area contributed by atoms with Crippen molar-refractivity contribution in [1.29, 1.82) is 0 Å². The molecule has 2 amide bonds. The van der Waals surface area contributed by atoms with Crippen LogP contribution in [0.5, 0.6) is 0 Å².